The maximum Gasteiger partial charge on any atom is 0.221 e. The predicted molar refractivity (Wildman–Crippen MR) is 93.7 cm³/mol. The molecule has 1 amide bonds. The predicted octanol–water partition coefficient (Wildman–Crippen LogP) is 4.93. The summed E-state index contributed by atoms with van der Waals surface area (Å²) in [5.74, 6) is -0.0181. The maximum atomic E-state index is 11.4. The van der Waals surface area contributed by atoms with Crippen LogP contribution in [0.25, 0.3) is 20.5 Å². The molecule has 1 aliphatic rings. The molecule has 0 atom stereocenters. The zero-order chi connectivity index (χ0) is 15.3. The van der Waals surface area contributed by atoms with E-state index in [9.17, 15) is 4.79 Å². The van der Waals surface area contributed by atoms with Gasteiger partial charge in [0.05, 0.1) is 0 Å². The van der Waals surface area contributed by atoms with Crippen LogP contribution in [0.2, 0.25) is 0 Å². The fourth-order valence-corrected chi connectivity index (χ4v) is 4.82. The van der Waals surface area contributed by atoms with E-state index in [4.69, 9.17) is 0 Å². The number of thiophene rings is 1. The Morgan fingerprint density at radius 3 is 2.77 bits per heavy atom. The van der Waals surface area contributed by atoms with E-state index in [0.717, 1.165) is 18.5 Å². The van der Waals surface area contributed by atoms with Gasteiger partial charge in [-0.1, -0.05) is 24.3 Å². The molecule has 0 bridgehead atoms. The lowest BCUT2D eigenvalue weighted by Crippen LogP contribution is -2.10. The molecule has 0 radical (unpaired) electrons. The summed E-state index contributed by atoms with van der Waals surface area (Å²) in [6.45, 7) is 3.67. The second-order valence-electron chi connectivity index (χ2n) is 5.86. The van der Waals surface area contributed by atoms with Gasteiger partial charge >= 0.3 is 0 Å². The Hall–Kier alpha value is -2.13. The highest BCUT2D eigenvalue weighted by molar-refractivity contribution is 7.22. The van der Waals surface area contributed by atoms with Crippen LogP contribution in [-0.2, 0) is 17.6 Å². The number of hydrogen-bond acceptors (Lipinski definition) is 2. The summed E-state index contributed by atoms with van der Waals surface area (Å²) < 4.78 is 1.35. The number of fused-ring (bicyclic) bond motifs is 5. The molecular weight excluding hydrogens is 290 g/mol. The van der Waals surface area contributed by atoms with Crippen molar-refractivity contribution in [2.24, 2.45) is 0 Å². The first-order chi connectivity index (χ1) is 10.6. The molecule has 1 heterocycles. The molecule has 0 spiro atoms. The number of hydrogen-bond donors (Lipinski definition) is 1. The van der Waals surface area contributed by atoms with Crippen molar-refractivity contribution in [1.29, 1.82) is 0 Å². The van der Waals surface area contributed by atoms with Crippen molar-refractivity contribution in [2.45, 2.75) is 26.7 Å². The summed E-state index contributed by atoms with van der Waals surface area (Å²) in [4.78, 5) is 12.8. The molecule has 3 aromatic rings. The third-order valence-corrected chi connectivity index (χ3v) is 5.66. The zero-order valence-corrected chi connectivity index (χ0v) is 13.5. The van der Waals surface area contributed by atoms with Crippen LogP contribution in [0.4, 0.5) is 5.69 Å². The van der Waals surface area contributed by atoms with E-state index >= 15 is 0 Å². The minimum atomic E-state index is -0.0181. The second kappa shape index (κ2) is 4.96. The molecule has 110 valence electrons. The van der Waals surface area contributed by atoms with Crippen LogP contribution in [0, 0.1) is 6.92 Å². The first-order valence-corrected chi connectivity index (χ1v) is 8.37. The van der Waals surface area contributed by atoms with Gasteiger partial charge in [-0.15, -0.1) is 11.3 Å². The van der Waals surface area contributed by atoms with Crippen LogP contribution in [-0.4, -0.2) is 5.91 Å². The molecule has 0 saturated heterocycles. The van der Waals surface area contributed by atoms with Crippen LogP contribution < -0.4 is 5.32 Å². The van der Waals surface area contributed by atoms with E-state index in [0.29, 0.717) is 0 Å². The summed E-state index contributed by atoms with van der Waals surface area (Å²) in [6, 6.07) is 12.8. The van der Waals surface area contributed by atoms with Crippen LogP contribution in [0.1, 0.15) is 23.6 Å². The molecule has 0 aliphatic heterocycles. The van der Waals surface area contributed by atoms with E-state index in [-0.39, 0.29) is 5.91 Å². The lowest BCUT2D eigenvalue weighted by molar-refractivity contribution is -0.114. The van der Waals surface area contributed by atoms with Gasteiger partial charge in [0.25, 0.3) is 0 Å². The molecule has 1 aromatic heterocycles. The molecular formula is C19H17NOS. The molecule has 2 nitrogen and oxygen atoms in total. The van der Waals surface area contributed by atoms with E-state index in [1.165, 1.54) is 37.2 Å². The van der Waals surface area contributed by atoms with Crippen molar-refractivity contribution >= 4 is 33.0 Å². The van der Waals surface area contributed by atoms with E-state index < -0.39 is 0 Å². The number of benzene rings is 2. The largest absolute Gasteiger partial charge is 0.326 e. The monoisotopic (exact) mass is 307 g/mol. The lowest BCUT2D eigenvalue weighted by atomic mass is 9.86. The lowest BCUT2D eigenvalue weighted by Gasteiger charge is -2.21. The van der Waals surface area contributed by atoms with Gasteiger partial charge in [0.2, 0.25) is 5.91 Å². The van der Waals surface area contributed by atoms with Crippen molar-refractivity contribution in [1.82, 2.24) is 0 Å². The first-order valence-electron chi connectivity index (χ1n) is 7.56. The minimum Gasteiger partial charge on any atom is -0.326 e. The van der Waals surface area contributed by atoms with Crippen molar-refractivity contribution in [3.8, 4) is 10.4 Å². The van der Waals surface area contributed by atoms with Crippen molar-refractivity contribution < 1.29 is 4.79 Å². The van der Waals surface area contributed by atoms with E-state index in [2.05, 4.69) is 42.6 Å². The Balaban J connectivity index is 1.98. The van der Waals surface area contributed by atoms with Gasteiger partial charge in [-0.2, -0.15) is 0 Å². The molecule has 1 aliphatic carbocycles. The molecule has 0 unspecified atom stereocenters. The van der Waals surface area contributed by atoms with Crippen molar-refractivity contribution in [3.05, 3.63) is 53.1 Å². The summed E-state index contributed by atoms with van der Waals surface area (Å²) in [7, 11) is 0. The molecule has 3 heteroatoms. The van der Waals surface area contributed by atoms with Gasteiger partial charge in [0.15, 0.2) is 0 Å². The van der Waals surface area contributed by atoms with E-state index in [1.807, 2.05) is 17.4 Å². The summed E-state index contributed by atoms with van der Waals surface area (Å²) in [5, 5.41) is 4.34. The van der Waals surface area contributed by atoms with Gasteiger partial charge in [-0.25, -0.2) is 0 Å². The van der Waals surface area contributed by atoms with Crippen molar-refractivity contribution in [2.75, 3.05) is 5.32 Å². The number of anilines is 1. The quantitative estimate of drug-likeness (QED) is 0.678. The molecule has 2 aromatic carbocycles. The maximum absolute atomic E-state index is 11.4. The molecule has 0 saturated carbocycles. The van der Waals surface area contributed by atoms with Gasteiger partial charge in [-0.05, 0) is 54.0 Å². The zero-order valence-electron chi connectivity index (χ0n) is 12.7. The number of rotatable bonds is 1. The SMILES string of the molecule is CC(=O)Nc1ccc2c(c1C)-c1sc3ccccc3c1CC2. The highest BCUT2D eigenvalue weighted by Gasteiger charge is 2.23. The number of nitrogens with one attached hydrogen (secondary N) is 1. The van der Waals surface area contributed by atoms with Crippen LogP contribution >= 0.6 is 11.3 Å². The molecule has 1 N–H and O–H groups in total. The number of carbonyl (C=O) groups is 1. The highest BCUT2D eigenvalue weighted by atomic mass is 32.1. The molecule has 0 fully saturated rings. The third kappa shape index (κ3) is 1.97. The Morgan fingerprint density at radius 2 is 1.95 bits per heavy atom. The molecule has 22 heavy (non-hydrogen) atoms. The highest BCUT2D eigenvalue weighted by Crippen LogP contribution is 2.46. The van der Waals surface area contributed by atoms with Crippen LogP contribution in [0.15, 0.2) is 36.4 Å². The number of amides is 1. The van der Waals surface area contributed by atoms with Gasteiger partial charge in [0.1, 0.15) is 0 Å². The molecule has 4 rings (SSSR count). The second-order valence-corrected chi connectivity index (χ2v) is 6.91. The Labute approximate surface area is 133 Å². The third-order valence-electron chi connectivity index (χ3n) is 4.43. The summed E-state index contributed by atoms with van der Waals surface area (Å²) >= 11 is 1.87. The average molecular weight is 307 g/mol. The van der Waals surface area contributed by atoms with Gasteiger partial charge in [0, 0.05) is 27.8 Å². The summed E-state index contributed by atoms with van der Waals surface area (Å²) in [5.41, 5.74) is 6.30. The Bertz CT molecular complexity index is 907. The van der Waals surface area contributed by atoms with Crippen LogP contribution in [0.3, 0.4) is 0 Å². The normalized spacial score (nSPS) is 12.8. The smallest absolute Gasteiger partial charge is 0.221 e. The van der Waals surface area contributed by atoms with Gasteiger partial charge < -0.3 is 5.32 Å². The standard InChI is InChI=1S/C19H17NOS/c1-11-16(20-12(2)21)10-8-13-7-9-15-14-5-3-4-6-17(14)22-19(15)18(11)13/h3-6,8,10H,7,9H2,1-2H3,(H,20,21). The van der Waals surface area contributed by atoms with Gasteiger partial charge in [-0.3, -0.25) is 4.79 Å². The fourth-order valence-electron chi connectivity index (χ4n) is 3.43. The fraction of sp³-hybridized carbons (Fsp3) is 0.211. The van der Waals surface area contributed by atoms with Crippen LogP contribution in [0.5, 0.6) is 0 Å². The minimum absolute atomic E-state index is 0.0181. The topological polar surface area (TPSA) is 29.1 Å². The average Bonchev–Trinajstić information content (AvgIpc) is 2.88. The Morgan fingerprint density at radius 1 is 1.14 bits per heavy atom. The Kier molecular flexibility index (Phi) is 3.05. The number of aryl methyl sites for hydroxylation is 2. The summed E-state index contributed by atoms with van der Waals surface area (Å²) in [6.07, 6.45) is 2.18. The van der Waals surface area contributed by atoms with Crippen molar-refractivity contribution in [3.63, 3.8) is 0 Å². The first kappa shape index (κ1) is 13.5. The number of carbonyl (C=O) groups excluding carboxylic acids is 1. The van der Waals surface area contributed by atoms with E-state index in [1.54, 1.807) is 6.92 Å².